The summed E-state index contributed by atoms with van der Waals surface area (Å²) < 4.78 is 1.84. The lowest BCUT2D eigenvalue weighted by Gasteiger charge is -2.18. The number of hydrogen-bond donors (Lipinski definition) is 2. The fourth-order valence-corrected chi connectivity index (χ4v) is 3.38. The number of carbonyl (C=O) groups is 1. The first-order valence-electron chi connectivity index (χ1n) is 9.29. The van der Waals surface area contributed by atoms with Gasteiger partial charge in [-0.1, -0.05) is 23.7 Å². The van der Waals surface area contributed by atoms with E-state index < -0.39 is 0 Å². The van der Waals surface area contributed by atoms with Gasteiger partial charge in [0.1, 0.15) is 0 Å². The molecule has 1 atom stereocenters. The van der Waals surface area contributed by atoms with Crippen LogP contribution < -0.4 is 15.5 Å². The van der Waals surface area contributed by atoms with E-state index in [9.17, 15) is 4.79 Å². The first kappa shape index (κ1) is 18.5. The predicted octanol–water partition coefficient (Wildman–Crippen LogP) is 3.91. The highest BCUT2D eigenvalue weighted by Gasteiger charge is 2.21. The topological polar surface area (TPSA) is 62.2 Å². The maximum atomic E-state index is 11.9. The molecule has 7 heteroatoms. The minimum absolute atomic E-state index is 0.0366. The van der Waals surface area contributed by atoms with Crippen molar-refractivity contribution in [3.8, 4) is 5.69 Å². The Balaban J connectivity index is 1.40. The zero-order valence-electron chi connectivity index (χ0n) is 15.6. The lowest BCUT2D eigenvalue weighted by Crippen LogP contribution is -2.28. The highest BCUT2D eigenvalue weighted by Crippen LogP contribution is 2.22. The van der Waals surface area contributed by atoms with E-state index in [1.165, 1.54) is 0 Å². The molecule has 2 heterocycles. The summed E-state index contributed by atoms with van der Waals surface area (Å²) in [7, 11) is 0. The quantitative estimate of drug-likeness (QED) is 0.665. The summed E-state index contributed by atoms with van der Waals surface area (Å²) in [6, 6.07) is 17.8. The van der Waals surface area contributed by atoms with Gasteiger partial charge in [-0.05, 0) is 55.0 Å². The van der Waals surface area contributed by atoms with Crippen LogP contribution in [-0.4, -0.2) is 28.9 Å². The number of rotatable bonds is 6. The van der Waals surface area contributed by atoms with Gasteiger partial charge in [-0.25, -0.2) is 9.48 Å². The van der Waals surface area contributed by atoms with E-state index in [2.05, 4.69) is 34.8 Å². The Kier molecular flexibility index (Phi) is 5.32. The Morgan fingerprint density at radius 1 is 1.18 bits per heavy atom. The number of urea groups is 1. The third kappa shape index (κ3) is 4.03. The number of nitrogens with zero attached hydrogens (tertiary/aromatic N) is 3. The molecule has 0 radical (unpaired) electrons. The number of hydrogen-bond acceptors (Lipinski definition) is 3. The predicted molar refractivity (Wildman–Crippen MR) is 111 cm³/mol. The van der Waals surface area contributed by atoms with Gasteiger partial charge in [0.05, 0.1) is 11.4 Å². The second-order valence-electron chi connectivity index (χ2n) is 6.81. The van der Waals surface area contributed by atoms with Gasteiger partial charge in [0, 0.05) is 42.6 Å². The van der Waals surface area contributed by atoms with Crippen molar-refractivity contribution in [2.75, 3.05) is 18.0 Å². The summed E-state index contributed by atoms with van der Waals surface area (Å²) >= 11 is 5.94. The lowest BCUT2D eigenvalue weighted by molar-refractivity contribution is 0.252. The molecule has 4 rings (SSSR count). The summed E-state index contributed by atoms with van der Waals surface area (Å²) in [4.78, 5) is 13.7. The molecule has 3 aromatic rings. The number of aromatic nitrogens is 2. The lowest BCUT2D eigenvalue weighted by atomic mass is 10.1. The van der Waals surface area contributed by atoms with Crippen molar-refractivity contribution in [3.63, 3.8) is 0 Å². The van der Waals surface area contributed by atoms with Gasteiger partial charge in [-0.3, -0.25) is 4.90 Å². The highest BCUT2D eigenvalue weighted by atomic mass is 35.5. The zero-order chi connectivity index (χ0) is 19.5. The van der Waals surface area contributed by atoms with Crippen LogP contribution in [0.1, 0.15) is 24.2 Å². The zero-order valence-corrected chi connectivity index (χ0v) is 16.4. The normalized spacial score (nSPS) is 14.9. The maximum absolute atomic E-state index is 11.9. The monoisotopic (exact) mass is 395 g/mol. The van der Waals surface area contributed by atoms with Crippen molar-refractivity contribution in [2.45, 2.75) is 19.5 Å². The highest BCUT2D eigenvalue weighted by molar-refractivity contribution is 6.30. The molecule has 6 nitrogen and oxygen atoms in total. The van der Waals surface area contributed by atoms with Crippen LogP contribution in [0.25, 0.3) is 5.69 Å². The van der Waals surface area contributed by atoms with Gasteiger partial charge < -0.3 is 10.6 Å². The van der Waals surface area contributed by atoms with E-state index in [1.807, 2.05) is 53.3 Å². The molecule has 144 valence electrons. The third-order valence-electron chi connectivity index (χ3n) is 4.86. The van der Waals surface area contributed by atoms with Crippen LogP contribution in [0.2, 0.25) is 5.02 Å². The van der Waals surface area contributed by atoms with Crippen molar-refractivity contribution in [3.05, 3.63) is 77.1 Å². The largest absolute Gasteiger partial charge is 0.336 e. The smallest absolute Gasteiger partial charge is 0.321 e. The second-order valence-corrected chi connectivity index (χ2v) is 7.25. The fourth-order valence-electron chi connectivity index (χ4n) is 3.25. The molecule has 0 saturated carbocycles. The standard InChI is InChI=1S/C21H22ClN5O/c1-15(16-3-2-4-20(13-16)26-12-10-23-21(26)28)24-14-18-9-11-27(25-18)19-7-5-17(22)6-8-19/h2-9,11,13,15,24H,10,12,14H2,1H3,(H,23,28). The summed E-state index contributed by atoms with van der Waals surface area (Å²) in [6.45, 7) is 4.15. The fraction of sp³-hybridized carbons (Fsp3) is 0.238. The molecule has 0 aliphatic carbocycles. The van der Waals surface area contributed by atoms with E-state index in [1.54, 1.807) is 4.90 Å². The molecular weight excluding hydrogens is 374 g/mol. The first-order chi connectivity index (χ1) is 13.6. The number of benzene rings is 2. The Morgan fingerprint density at radius 3 is 2.75 bits per heavy atom. The summed E-state index contributed by atoms with van der Waals surface area (Å²) in [5.41, 5.74) is 3.99. The average molecular weight is 396 g/mol. The van der Waals surface area contributed by atoms with Crippen molar-refractivity contribution in [2.24, 2.45) is 0 Å². The molecule has 0 bridgehead atoms. The molecule has 1 unspecified atom stereocenters. The number of anilines is 1. The molecule has 1 aliphatic rings. The SMILES string of the molecule is CC(NCc1ccn(-c2ccc(Cl)cc2)n1)c1cccc(N2CCNC2=O)c1. The maximum Gasteiger partial charge on any atom is 0.321 e. The summed E-state index contributed by atoms with van der Waals surface area (Å²) in [5.74, 6) is 0. The summed E-state index contributed by atoms with van der Waals surface area (Å²) in [5, 5.41) is 11.7. The van der Waals surface area contributed by atoms with Gasteiger partial charge in [0.25, 0.3) is 0 Å². The molecule has 1 aromatic heterocycles. The summed E-state index contributed by atoms with van der Waals surface area (Å²) in [6.07, 6.45) is 1.94. The van der Waals surface area contributed by atoms with Gasteiger partial charge in [-0.2, -0.15) is 5.10 Å². The second kappa shape index (κ2) is 8.04. The van der Waals surface area contributed by atoms with Gasteiger partial charge in [0.2, 0.25) is 0 Å². The van der Waals surface area contributed by atoms with Crippen molar-refractivity contribution < 1.29 is 4.79 Å². The Bertz CT molecular complexity index is 969. The van der Waals surface area contributed by atoms with E-state index in [0.717, 1.165) is 22.6 Å². The Labute approximate surface area is 169 Å². The van der Waals surface area contributed by atoms with Crippen molar-refractivity contribution in [1.82, 2.24) is 20.4 Å². The Hall–Kier alpha value is -2.83. The van der Waals surface area contributed by atoms with E-state index in [0.29, 0.717) is 24.7 Å². The molecule has 1 fully saturated rings. The van der Waals surface area contributed by atoms with E-state index >= 15 is 0 Å². The minimum atomic E-state index is -0.0366. The first-order valence-corrected chi connectivity index (χ1v) is 9.67. The van der Waals surface area contributed by atoms with Crippen LogP contribution in [-0.2, 0) is 6.54 Å². The average Bonchev–Trinajstić information content (AvgIpc) is 3.36. The molecule has 2 aromatic carbocycles. The van der Waals surface area contributed by atoms with E-state index in [-0.39, 0.29) is 12.1 Å². The molecule has 2 amide bonds. The van der Waals surface area contributed by atoms with Crippen LogP contribution in [0.3, 0.4) is 0 Å². The van der Waals surface area contributed by atoms with Gasteiger partial charge in [0.15, 0.2) is 0 Å². The van der Waals surface area contributed by atoms with Crippen LogP contribution in [0, 0.1) is 0 Å². The van der Waals surface area contributed by atoms with Crippen LogP contribution >= 0.6 is 11.6 Å². The number of halogens is 1. The van der Waals surface area contributed by atoms with E-state index in [4.69, 9.17) is 11.6 Å². The molecule has 28 heavy (non-hydrogen) atoms. The number of carbonyl (C=O) groups excluding carboxylic acids is 1. The third-order valence-corrected chi connectivity index (χ3v) is 5.12. The number of amides is 2. The number of nitrogens with one attached hydrogen (secondary N) is 2. The van der Waals surface area contributed by atoms with Crippen molar-refractivity contribution in [1.29, 1.82) is 0 Å². The molecule has 1 saturated heterocycles. The molecule has 1 aliphatic heterocycles. The van der Waals surface area contributed by atoms with Crippen LogP contribution in [0.4, 0.5) is 10.5 Å². The van der Waals surface area contributed by atoms with Crippen LogP contribution in [0.15, 0.2) is 60.8 Å². The molecular formula is C21H22ClN5O. The molecule has 2 N–H and O–H groups in total. The van der Waals surface area contributed by atoms with Gasteiger partial charge >= 0.3 is 6.03 Å². The van der Waals surface area contributed by atoms with Crippen LogP contribution in [0.5, 0.6) is 0 Å². The molecule has 0 spiro atoms. The van der Waals surface area contributed by atoms with Gasteiger partial charge in [-0.15, -0.1) is 0 Å². The van der Waals surface area contributed by atoms with Crippen molar-refractivity contribution >= 4 is 23.3 Å². The minimum Gasteiger partial charge on any atom is -0.336 e. The Morgan fingerprint density at radius 2 is 2.00 bits per heavy atom.